The molecule has 2 aliphatic heterocycles. The molecule has 2 saturated heterocycles. The van der Waals surface area contributed by atoms with Gasteiger partial charge >= 0.3 is 0 Å². The van der Waals surface area contributed by atoms with E-state index in [-0.39, 0.29) is 24.1 Å². The zero-order chi connectivity index (χ0) is 14.3. The second-order valence-electron chi connectivity index (χ2n) is 5.57. The van der Waals surface area contributed by atoms with Crippen LogP contribution in [0.1, 0.15) is 36.0 Å². The van der Waals surface area contributed by atoms with E-state index in [1.54, 1.807) is 13.2 Å². The summed E-state index contributed by atoms with van der Waals surface area (Å²) in [5.74, 6) is 0.719. The fourth-order valence-electron chi connectivity index (χ4n) is 3.41. The lowest BCUT2D eigenvalue weighted by molar-refractivity contribution is 0.0286. The lowest BCUT2D eigenvalue weighted by atomic mass is 9.98. The number of benzene rings is 1. The van der Waals surface area contributed by atoms with Crippen LogP contribution in [0.4, 0.5) is 0 Å². The molecular formula is C15H18BrNO3. The number of piperidine rings is 1. The van der Waals surface area contributed by atoms with E-state index in [2.05, 4.69) is 15.9 Å². The highest BCUT2D eigenvalue weighted by Crippen LogP contribution is 2.38. The molecule has 2 atom stereocenters. The van der Waals surface area contributed by atoms with Crippen LogP contribution in [0.2, 0.25) is 0 Å². The molecule has 20 heavy (non-hydrogen) atoms. The van der Waals surface area contributed by atoms with Crippen LogP contribution < -0.4 is 4.74 Å². The summed E-state index contributed by atoms with van der Waals surface area (Å²) in [5.41, 5.74) is 0.637. The molecule has 2 fully saturated rings. The third kappa shape index (κ3) is 2.33. The van der Waals surface area contributed by atoms with Crippen LogP contribution in [-0.2, 0) is 0 Å². The first-order valence-electron chi connectivity index (χ1n) is 6.94. The van der Waals surface area contributed by atoms with Crippen LogP contribution >= 0.6 is 15.9 Å². The van der Waals surface area contributed by atoms with Gasteiger partial charge in [-0.15, -0.1) is 0 Å². The number of methoxy groups -OCH3 is 1. The van der Waals surface area contributed by atoms with Gasteiger partial charge in [-0.25, -0.2) is 0 Å². The maximum atomic E-state index is 12.8. The second kappa shape index (κ2) is 5.37. The number of halogens is 1. The van der Waals surface area contributed by atoms with Crippen molar-refractivity contribution in [2.75, 3.05) is 7.11 Å². The zero-order valence-corrected chi connectivity index (χ0v) is 13.0. The highest BCUT2D eigenvalue weighted by molar-refractivity contribution is 9.10. The van der Waals surface area contributed by atoms with Crippen molar-refractivity contribution in [3.05, 3.63) is 28.2 Å². The summed E-state index contributed by atoms with van der Waals surface area (Å²) in [7, 11) is 1.60. The van der Waals surface area contributed by atoms with Crippen LogP contribution in [0.5, 0.6) is 5.75 Å². The molecule has 2 unspecified atom stereocenters. The monoisotopic (exact) mass is 339 g/mol. The summed E-state index contributed by atoms with van der Waals surface area (Å²) in [6.07, 6.45) is 3.13. The van der Waals surface area contributed by atoms with Crippen LogP contribution in [0.25, 0.3) is 0 Å². The predicted octanol–water partition coefficient (Wildman–Crippen LogP) is 2.59. The van der Waals surface area contributed by atoms with Crippen molar-refractivity contribution >= 4 is 21.8 Å². The second-order valence-corrected chi connectivity index (χ2v) is 6.42. The SMILES string of the molecule is COc1ccc(Br)c(C(=O)N2C3CCC2CC(O)C3)c1. The number of nitrogens with zero attached hydrogens (tertiary/aromatic N) is 1. The van der Waals surface area contributed by atoms with Crippen molar-refractivity contribution in [2.45, 2.75) is 43.9 Å². The number of hydrogen-bond donors (Lipinski definition) is 1. The lowest BCUT2D eigenvalue weighted by Gasteiger charge is -2.37. The Kier molecular flexibility index (Phi) is 3.73. The van der Waals surface area contributed by atoms with Gasteiger partial charge in [0.2, 0.25) is 0 Å². The molecule has 4 nitrogen and oxygen atoms in total. The molecule has 1 aromatic rings. The standard InChI is InChI=1S/C15H18BrNO3/c1-20-12-4-5-14(16)13(8-12)15(19)17-9-2-3-10(17)7-11(18)6-9/h4-5,8-11,18H,2-3,6-7H2,1H3. The molecule has 2 aliphatic rings. The van der Waals surface area contributed by atoms with E-state index in [4.69, 9.17) is 4.74 Å². The summed E-state index contributed by atoms with van der Waals surface area (Å²) >= 11 is 3.45. The Balaban J connectivity index is 1.90. The first-order chi connectivity index (χ1) is 9.60. The molecular weight excluding hydrogens is 322 g/mol. The molecule has 1 aromatic carbocycles. The highest BCUT2D eigenvalue weighted by Gasteiger charge is 2.43. The fourth-order valence-corrected chi connectivity index (χ4v) is 3.83. The highest BCUT2D eigenvalue weighted by atomic mass is 79.9. The Hall–Kier alpha value is -1.07. The number of ether oxygens (including phenoxy) is 1. The van der Waals surface area contributed by atoms with Gasteiger partial charge < -0.3 is 14.7 Å². The molecule has 0 aromatic heterocycles. The van der Waals surface area contributed by atoms with Gasteiger partial charge in [-0.3, -0.25) is 4.79 Å². The number of carbonyl (C=O) groups is 1. The normalized spacial score (nSPS) is 28.6. The smallest absolute Gasteiger partial charge is 0.255 e. The van der Waals surface area contributed by atoms with Gasteiger partial charge in [-0.1, -0.05) is 0 Å². The van der Waals surface area contributed by atoms with Crippen molar-refractivity contribution < 1.29 is 14.6 Å². The van der Waals surface area contributed by atoms with Crippen LogP contribution in [0.3, 0.4) is 0 Å². The Bertz CT molecular complexity index is 520. The first-order valence-corrected chi connectivity index (χ1v) is 7.73. The zero-order valence-electron chi connectivity index (χ0n) is 11.4. The minimum absolute atomic E-state index is 0.0372. The van der Waals surface area contributed by atoms with Crippen LogP contribution in [0.15, 0.2) is 22.7 Å². The third-order valence-electron chi connectivity index (χ3n) is 4.35. The molecule has 3 rings (SSSR count). The number of hydrogen-bond acceptors (Lipinski definition) is 3. The van der Waals surface area contributed by atoms with Gasteiger partial charge in [0.05, 0.1) is 18.8 Å². The van der Waals surface area contributed by atoms with Crippen LogP contribution in [-0.4, -0.2) is 41.2 Å². The fraction of sp³-hybridized carbons (Fsp3) is 0.533. The molecule has 0 spiro atoms. The third-order valence-corrected chi connectivity index (χ3v) is 5.04. The Labute approximate surface area is 126 Å². The minimum Gasteiger partial charge on any atom is -0.497 e. The Morgan fingerprint density at radius 3 is 2.60 bits per heavy atom. The van der Waals surface area contributed by atoms with E-state index in [1.165, 1.54) is 0 Å². The van der Waals surface area contributed by atoms with Crippen molar-refractivity contribution in [3.63, 3.8) is 0 Å². The predicted molar refractivity (Wildman–Crippen MR) is 78.9 cm³/mol. The number of carbonyl (C=O) groups excluding carboxylic acids is 1. The number of amides is 1. The first kappa shape index (κ1) is 13.9. The lowest BCUT2D eigenvalue weighted by Crippen LogP contribution is -2.48. The van der Waals surface area contributed by atoms with Gasteiger partial charge in [0.1, 0.15) is 5.75 Å². The topological polar surface area (TPSA) is 49.8 Å². The summed E-state index contributed by atoms with van der Waals surface area (Å²) in [6.45, 7) is 0. The molecule has 2 bridgehead atoms. The van der Waals surface area contributed by atoms with Gasteiger partial charge in [-0.05, 0) is 59.8 Å². The van der Waals surface area contributed by atoms with Gasteiger partial charge in [0, 0.05) is 16.6 Å². The maximum Gasteiger partial charge on any atom is 0.255 e. The average molecular weight is 340 g/mol. The van der Waals surface area contributed by atoms with E-state index >= 15 is 0 Å². The van der Waals surface area contributed by atoms with E-state index in [0.717, 1.165) is 17.3 Å². The summed E-state index contributed by atoms with van der Waals surface area (Å²) in [5, 5.41) is 9.83. The molecule has 0 radical (unpaired) electrons. The molecule has 2 heterocycles. The van der Waals surface area contributed by atoms with Crippen molar-refractivity contribution in [2.24, 2.45) is 0 Å². The van der Waals surface area contributed by atoms with Crippen LogP contribution in [0, 0.1) is 0 Å². The molecule has 1 N–H and O–H groups in total. The number of aliphatic hydroxyl groups is 1. The maximum absolute atomic E-state index is 12.8. The summed E-state index contributed by atoms with van der Waals surface area (Å²) < 4.78 is 5.99. The van der Waals surface area contributed by atoms with E-state index in [1.807, 2.05) is 17.0 Å². The van der Waals surface area contributed by atoms with Gasteiger partial charge in [-0.2, -0.15) is 0 Å². The summed E-state index contributed by atoms with van der Waals surface area (Å²) in [6, 6.07) is 5.79. The van der Waals surface area contributed by atoms with E-state index in [9.17, 15) is 9.90 Å². The largest absolute Gasteiger partial charge is 0.497 e. The minimum atomic E-state index is -0.259. The molecule has 0 aliphatic carbocycles. The van der Waals surface area contributed by atoms with Crippen molar-refractivity contribution in [1.29, 1.82) is 0 Å². The molecule has 0 saturated carbocycles. The van der Waals surface area contributed by atoms with E-state index < -0.39 is 0 Å². The van der Waals surface area contributed by atoms with Gasteiger partial charge in [0.15, 0.2) is 0 Å². The molecule has 108 valence electrons. The quantitative estimate of drug-likeness (QED) is 0.900. The molecule has 5 heteroatoms. The van der Waals surface area contributed by atoms with E-state index in [0.29, 0.717) is 24.2 Å². The summed E-state index contributed by atoms with van der Waals surface area (Å²) in [4.78, 5) is 14.8. The van der Waals surface area contributed by atoms with Crippen molar-refractivity contribution in [3.8, 4) is 5.75 Å². The number of fused-ring (bicyclic) bond motifs is 2. The Morgan fingerprint density at radius 1 is 1.35 bits per heavy atom. The molecule has 1 amide bonds. The van der Waals surface area contributed by atoms with Gasteiger partial charge in [0.25, 0.3) is 5.91 Å². The number of aliphatic hydroxyl groups excluding tert-OH is 1. The number of rotatable bonds is 2. The average Bonchev–Trinajstić information content (AvgIpc) is 2.71. The Morgan fingerprint density at radius 2 is 2.00 bits per heavy atom. The van der Waals surface area contributed by atoms with Crippen molar-refractivity contribution in [1.82, 2.24) is 4.90 Å².